The lowest BCUT2D eigenvalue weighted by atomic mass is 9.98. The molecular formula is C26H43N3O5. The van der Waals surface area contributed by atoms with Gasteiger partial charge in [-0.25, -0.2) is 4.79 Å². The predicted octanol–water partition coefficient (Wildman–Crippen LogP) is 3.71. The largest absolute Gasteiger partial charge is 0.444 e. The first-order valence-corrected chi connectivity index (χ1v) is 12.1. The number of ether oxygens (including phenoxy) is 1. The number of aliphatic hydroxyl groups excluding tert-OH is 1. The van der Waals surface area contributed by atoms with Gasteiger partial charge in [-0.1, -0.05) is 57.0 Å². The molecule has 1 aromatic rings. The van der Waals surface area contributed by atoms with Crippen LogP contribution < -0.4 is 10.6 Å². The Balaban J connectivity index is 3.34. The zero-order valence-electron chi connectivity index (χ0n) is 21.8. The number of nitrogens with one attached hydrogen (secondary N) is 2. The molecule has 0 saturated carbocycles. The van der Waals surface area contributed by atoms with Crippen LogP contribution in [0.25, 0.3) is 0 Å². The second-order valence-corrected chi connectivity index (χ2v) is 10.0. The smallest absolute Gasteiger partial charge is 0.408 e. The highest BCUT2D eigenvalue weighted by molar-refractivity contribution is 5.92. The van der Waals surface area contributed by atoms with Gasteiger partial charge in [-0.05, 0) is 52.0 Å². The van der Waals surface area contributed by atoms with E-state index in [0.717, 1.165) is 18.4 Å². The minimum absolute atomic E-state index is 0.0524. The maximum Gasteiger partial charge on any atom is 0.408 e. The van der Waals surface area contributed by atoms with Crippen molar-refractivity contribution < 1.29 is 24.2 Å². The second-order valence-electron chi connectivity index (χ2n) is 10.0. The monoisotopic (exact) mass is 477 g/mol. The van der Waals surface area contributed by atoms with Gasteiger partial charge < -0.3 is 25.4 Å². The SMILES string of the molecule is CCCCNC(=O)C(c1ccc(C)cc1)N(CCO)C(=O)C(CC(C)C)NC(=O)OC(C)(C)C. The third-order valence-corrected chi connectivity index (χ3v) is 5.10. The number of nitrogens with zero attached hydrogens (tertiary/aromatic N) is 1. The summed E-state index contributed by atoms with van der Waals surface area (Å²) < 4.78 is 5.36. The lowest BCUT2D eigenvalue weighted by Crippen LogP contribution is -2.54. The van der Waals surface area contributed by atoms with Gasteiger partial charge in [0.2, 0.25) is 11.8 Å². The molecule has 0 saturated heterocycles. The van der Waals surface area contributed by atoms with Crippen LogP contribution in [0.1, 0.15) is 78.0 Å². The van der Waals surface area contributed by atoms with Crippen LogP contribution in [0.15, 0.2) is 24.3 Å². The molecule has 2 atom stereocenters. The third kappa shape index (κ3) is 10.1. The molecule has 3 amide bonds. The molecule has 0 fully saturated rings. The maximum absolute atomic E-state index is 13.8. The Kier molecular flexibility index (Phi) is 12.1. The second kappa shape index (κ2) is 13.9. The zero-order chi connectivity index (χ0) is 25.9. The van der Waals surface area contributed by atoms with Crippen LogP contribution >= 0.6 is 0 Å². The van der Waals surface area contributed by atoms with E-state index in [1.165, 1.54) is 4.90 Å². The quantitative estimate of drug-likeness (QED) is 0.398. The Bertz CT molecular complexity index is 787. The summed E-state index contributed by atoms with van der Waals surface area (Å²) in [4.78, 5) is 40.9. The molecule has 1 rings (SSSR count). The molecule has 0 aromatic heterocycles. The van der Waals surface area contributed by atoms with Gasteiger partial charge in [-0.2, -0.15) is 0 Å². The highest BCUT2D eigenvalue weighted by Gasteiger charge is 2.36. The molecule has 8 heteroatoms. The summed E-state index contributed by atoms with van der Waals surface area (Å²) in [6.07, 6.45) is 1.40. The van der Waals surface area contributed by atoms with Gasteiger partial charge in [0.15, 0.2) is 0 Å². The average molecular weight is 478 g/mol. The van der Waals surface area contributed by atoms with Gasteiger partial charge in [0.05, 0.1) is 6.61 Å². The number of hydrogen-bond acceptors (Lipinski definition) is 5. The molecule has 1 aromatic carbocycles. The van der Waals surface area contributed by atoms with Crippen LogP contribution in [-0.2, 0) is 14.3 Å². The minimum Gasteiger partial charge on any atom is -0.444 e. The minimum atomic E-state index is -0.938. The van der Waals surface area contributed by atoms with Crippen LogP contribution in [0.2, 0.25) is 0 Å². The Morgan fingerprint density at radius 3 is 2.24 bits per heavy atom. The Hall–Kier alpha value is -2.61. The Labute approximate surface area is 204 Å². The van der Waals surface area contributed by atoms with E-state index in [1.54, 1.807) is 20.8 Å². The van der Waals surface area contributed by atoms with Crippen LogP contribution in [-0.4, -0.2) is 59.3 Å². The number of aliphatic hydroxyl groups is 1. The number of hydrogen-bond donors (Lipinski definition) is 3. The molecule has 0 aliphatic heterocycles. The highest BCUT2D eigenvalue weighted by atomic mass is 16.6. The van der Waals surface area contributed by atoms with Gasteiger partial charge >= 0.3 is 6.09 Å². The number of aryl methyl sites for hydroxylation is 1. The predicted molar refractivity (Wildman–Crippen MR) is 133 cm³/mol. The molecule has 34 heavy (non-hydrogen) atoms. The summed E-state index contributed by atoms with van der Waals surface area (Å²) >= 11 is 0. The van der Waals surface area contributed by atoms with Crippen molar-refractivity contribution in [1.29, 1.82) is 0 Å². The highest BCUT2D eigenvalue weighted by Crippen LogP contribution is 2.24. The fraction of sp³-hybridized carbons (Fsp3) is 0.654. The van der Waals surface area contributed by atoms with Crippen molar-refractivity contribution >= 4 is 17.9 Å². The molecule has 8 nitrogen and oxygen atoms in total. The molecule has 0 bridgehead atoms. The van der Waals surface area contributed by atoms with Crippen molar-refractivity contribution in [2.24, 2.45) is 5.92 Å². The van der Waals surface area contributed by atoms with Crippen LogP contribution in [0, 0.1) is 12.8 Å². The maximum atomic E-state index is 13.8. The molecule has 2 unspecified atom stereocenters. The number of unbranched alkanes of at least 4 members (excludes halogenated alkanes) is 1. The summed E-state index contributed by atoms with van der Waals surface area (Å²) in [5.74, 6) is -0.666. The Morgan fingerprint density at radius 1 is 1.12 bits per heavy atom. The van der Waals surface area contributed by atoms with E-state index >= 15 is 0 Å². The normalized spacial score (nSPS) is 13.2. The molecule has 0 spiro atoms. The fourth-order valence-electron chi connectivity index (χ4n) is 3.52. The molecule has 0 aliphatic rings. The van der Waals surface area contributed by atoms with Crippen molar-refractivity contribution in [3.8, 4) is 0 Å². The summed E-state index contributed by atoms with van der Waals surface area (Å²) in [6.45, 7) is 13.2. The van der Waals surface area contributed by atoms with Crippen molar-refractivity contribution in [2.75, 3.05) is 19.7 Å². The van der Waals surface area contributed by atoms with E-state index in [1.807, 2.05) is 52.0 Å². The van der Waals surface area contributed by atoms with Crippen molar-refractivity contribution in [3.05, 3.63) is 35.4 Å². The zero-order valence-corrected chi connectivity index (χ0v) is 21.8. The summed E-state index contributed by atoms with van der Waals surface area (Å²) in [5, 5.41) is 15.4. The molecule has 0 radical (unpaired) electrons. The first-order valence-electron chi connectivity index (χ1n) is 12.1. The van der Waals surface area contributed by atoms with E-state index in [9.17, 15) is 19.5 Å². The van der Waals surface area contributed by atoms with E-state index < -0.39 is 29.7 Å². The Morgan fingerprint density at radius 2 is 1.74 bits per heavy atom. The molecule has 0 heterocycles. The number of carbonyl (C=O) groups is 3. The van der Waals surface area contributed by atoms with E-state index in [4.69, 9.17) is 4.74 Å². The lowest BCUT2D eigenvalue weighted by Gasteiger charge is -2.34. The topological polar surface area (TPSA) is 108 Å². The number of rotatable bonds is 12. The lowest BCUT2D eigenvalue weighted by molar-refractivity contribution is -0.143. The van der Waals surface area contributed by atoms with E-state index in [0.29, 0.717) is 18.5 Å². The molecule has 3 N–H and O–H groups in total. The first kappa shape index (κ1) is 29.4. The number of benzene rings is 1. The molecular weight excluding hydrogens is 434 g/mol. The summed E-state index contributed by atoms with van der Waals surface area (Å²) in [7, 11) is 0. The van der Waals surface area contributed by atoms with Gasteiger partial charge in [0.25, 0.3) is 0 Å². The van der Waals surface area contributed by atoms with Crippen LogP contribution in [0.4, 0.5) is 4.79 Å². The molecule has 192 valence electrons. The van der Waals surface area contributed by atoms with Crippen LogP contribution in [0.5, 0.6) is 0 Å². The average Bonchev–Trinajstić information content (AvgIpc) is 2.72. The number of alkyl carbamates (subject to hydrolysis) is 1. The van der Waals surface area contributed by atoms with Crippen molar-refractivity contribution in [1.82, 2.24) is 15.5 Å². The first-order chi connectivity index (χ1) is 15.9. The fourth-order valence-corrected chi connectivity index (χ4v) is 3.52. The molecule has 0 aliphatic carbocycles. The van der Waals surface area contributed by atoms with Gasteiger partial charge in [-0.15, -0.1) is 0 Å². The van der Waals surface area contributed by atoms with Crippen LogP contribution in [0.3, 0.4) is 0 Å². The van der Waals surface area contributed by atoms with Crippen molar-refractivity contribution in [2.45, 2.75) is 85.4 Å². The van der Waals surface area contributed by atoms with Gasteiger partial charge in [-0.3, -0.25) is 9.59 Å². The summed E-state index contributed by atoms with van der Waals surface area (Å²) in [5.41, 5.74) is 0.948. The number of amides is 3. The van der Waals surface area contributed by atoms with Gasteiger partial charge in [0.1, 0.15) is 17.7 Å². The number of carbonyl (C=O) groups excluding carboxylic acids is 3. The van der Waals surface area contributed by atoms with Crippen molar-refractivity contribution in [3.63, 3.8) is 0 Å². The van der Waals surface area contributed by atoms with E-state index in [2.05, 4.69) is 10.6 Å². The third-order valence-electron chi connectivity index (χ3n) is 5.10. The van der Waals surface area contributed by atoms with Gasteiger partial charge in [0, 0.05) is 13.1 Å². The standard InChI is InChI=1S/C26H43N3O5/c1-8-9-14-27-23(31)22(20-12-10-19(4)11-13-20)29(15-16-30)24(32)21(17-18(2)3)28-25(33)34-26(5,6)7/h10-13,18,21-22,30H,8-9,14-17H2,1-7H3,(H,27,31)(H,28,33). The van der Waals surface area contributed by atoms with E-state index in [-0.39, 0.29) is 25.0 Å². The summed E-state index contributed by atoms with van der Waals surface area (Å²) in [6, 6.07) is 5.55.